The van der Waals surface area contributed by atoms with Crippen LogP contribution in [0.5, 0.6) is 0 Å². The van der Waals surface area contributed by atoms with Gasteiger partial charge in [0.1, 0.15) is 12.2 Å². The smallest absolute Gasteiger partial charge is 0.255 e. The van der Waals surface area contributed by atoms with E-state index in [1.54, 1.807) is 40.9 Å². The summed E-state index contributed by atoms with van der Waals surface area (Å²) >= 11 is 0. The van der Waals surface area contributed by atoms with Gasteiger partial charge in [-0.05, 0) is 55.8 Å². The third-order valence-electron chi connectivity index (χ3n) is 6.26. The second-order valence-corrected chi connectivity index (χ2v) is 9.58. The lowest BCUT2D eigenvalue weighted by molar-refractivity contribution is -0.115. The third kappa shape index (κ3) is 4.89. The van der Waals surface area contributed by atoms with E-state index >= 15 is 0 Å². The molecule has 0 unspecified atom stereocenters. The van der Waals surface area contributed by atoms with E-state index in [1.807, 2.05) is 6.07 Å². The monoisotopic (exact) mass is 513 g/mol. The number of nitrogens with zero attached hydrogens (tertiary/aromatic N) is 4. The lowest BCUT2D eigenvalue weighted by atomic mass is 10.0. The first-order valence-corrected chi connectivity index (χ1v) is 11.8. The molecule has 4 heterocycles. The summed E-state index contributed by atoms with van der Waals surface area (Å²) in [6.45, 7) is 2.27. The molecule has 0 saturated carbocycles. The molecule has 0 bridgehead atoms. The number of carbonyl (C=O) groups is 2. The zero-order chi connectivity index (χ0) is 27.0. The number of nitriles is 1. The largest absolute Gasteiger partial charge is 0.387 e. The minimum Gasteiger partial charge on any atom is -0.387 e. The lowest BCUT2D eigenvalue weighted by Crippen LogP contribution is -2.42. The zero-order valence-electron chi connectivity index (χ0n) is 20.6. The van der Waals surface area contributed by atoms with E-state index < -0.39 is 17.7 Å². The SMILES string of the molecule is CC(C)(O)[C@H](F)CNC(=O)c1cnc(-c2ccc3cc(C#N)cnn23)cc1Nc1ccc2c(c1)NC(=O)C2. The van der Waals surface area contributed by atoms with Crippen LogP contribution in [0.15, 0.2) is 54.9 Å². The Morgan fingerprint density at radius 2 is 2.08 bits per heavy atom. The Morgan fingerprint density at radius 3 is 2.84 bits per heavy atom. The van der Waals surface area contributed by atoms with E-state index in [1.165, 1.54) is 26.2 Å². The maximum Gasteiger partial charge on any atom is 0.255 e. The molecule has 0 radical (unpaired) electrons. The van der Waals surface area contributed by atoms with E-state index in [2.05, 4.69) is 32.1 Å². The normalized spacial score (nSPS) is 13.5. The molecule has 11 heteroatoms. The van der Waals surface area contributed by atoms with Crippen molar-refractivity contribution in [3.63, 3.8) is 0 Å². The van der Waals surface area contributed by atoms with Crippen LogP contribution in [-0.4, -0.2) is 49.8 Å². The Labute approximate surface area is 217 Å². The molecule has 1 atom stereocenters. The summed E-state index contributed by atoms with van der Waals surface area (Å²) in [5, 5.41) is 31.9. The Balaban J connectivity index is 1.51. The van der Waals surface area contributed by atoms with Gasteiger partial charge in [0.25, 0.3) is 5.91 Å². The van der Waals surface area contributed by atoms with Gasteiger partial charge in [-0.15, -0.1) is 0 Å². The zero-order valence-corrected chi connectivity index (χ0v) is 20.6. The molecule has 0 aliphatic carbocycles. The maximum atomic E-state index is 14.3. The van der Waals surface area contributed by atoms with Gasteiger partial charge in [0.15, 0.2) is 0 Å². The van der Waals surface area contributed by atoms with Crippen molar-refractivity contribution in [3.8, 4) is 17.5 Å². The number of hydrogen-bond acceptors (Lipinski definition) is 7. The number of benzene rings is 1. The molecule has 0 spiro atoms. The molecule has 0 saturated heterocycles. The summed E-state index contributed by atoms with van der Waals surface area (Å²) in [5.74, 6) is -0.673. The average Bonchev–Trinajstić information content (AvgIpc) is 3.48. The fraction of sp³-hybridized carbons (Fsp3) is 0.222. The van der Waals surface area contributed by atoms with Crippen molar-refractivity contribution in [2.45, 2.75) is 32.0 Å². The summed E-state index contributed by atoms with van der Waals surface area (Å²) in [6, 6.07) is 14.4. The summed E-state index contributed by atoms with van der Waals surface area (Å²) in [5.41, 5.74) is 3.35. The summed E-state index contributed by atoms with van der Waals surface area (Å²) in [7, 11) is 0. The molecule has 38 heavy (non-hydrogen) atoms. The molecule has 4 aromatic rings. The van der Waals surface area contributed by atoms with Crippen LogP contribution in [-0.2, 0) is 11.2 Å². The van der Waals surface area contributed by atoms with E-state index in [9.17, 15) is 19.1 Å². The minimum absolute atomic E-state index is 0.0943. The van der Waals surface area contributed by atoms with Crippen LogP contribution in [0.1, 0.15) is 35.3 Å². The van der Waals surface area contributed by atoms with Gasteiger partial charge in [0, 0.05) is 17.6 Å². The highest BCUT2D eigenvalue weighted by Gasteiger charge is 2.27. The number of aromatic nitrogens is 3. The van der Waals surface area contributed by atoms with Crippen LogP contribution in [0, 0.1) is 11.3 Å². The first-order chi connectivity index (χ1) is 18.1. The Kier molecular flexibility index (Phi) is 6.26. The second kappa shape index (κ2) is 9.57. The molecule has 192 valence electrons. The predicted octanol–water partition coefficient (Wildman–Crippen LogP) is 3.34. The lowest BCUT2D eigenvalue weighted by Gasteiger charge is -2.22. The molecule has 5 rings (SSSR count). The standard InChI is InChI=1S/C27H24FN7O3/c1-27(2,38)24(28)14-31-26(37)19-13-30-22(23-6-5-18-7-15(11-29)12-32-35(18)23)10-21(19)33-17-4-3-16-8-25(36)34-20(16)9-17/h3-7,9-10,12-13,24,38H,8,14H2,1-2H3,(H,30,33)(H,31,37)(H,34,36)/t24-/m1/s1. The highest BCUT2D eigenvalue weighted by Crippen LogP contribution is 2.31. The number of fused-ring (bicyclic) bond motifs is 2. The molecule has 1 aliphatic rings. The van der Waals surface area contributed by atoms with Gasteiger partial charge in [-0.1, -0.05) is 6.07 Å². The second-order valence-electron chi connectivity index (χ2n) is 9.58. The highest BCUT2D eigenvalue weighted by atomic mass is 19.1. The van der Waals surface area contributed by atoms with Gasteiger partial charge in [0.05, 0.1) is 58.5 Å². The van der Waals surface area contributed by atoms with Gasteiger partial charge in [-0.3, -0.25) is 14.6 Å². The van der Waals surface area contributed by atoms with Crippen molar-refractivity contribution >= 4 is 34.4 Å². The van der Waals surface area contributed by atoms with Crippen molar-refractivity contribution < 1.29 is 19.1 Å². The Morgan fingerprint density at radius 1 is 1.26 bits per heavy atom. The van der Waals surface area contributed by atoms with Gasteiger partial charge < -0.3 is 21.1 Å². The number of aliphatic hydroxyl groups is 1. The quantitative estimate of drug-likeness (QED) is 0.297. The average molecular weight is 514 g/mol. The molecular formula is C27H24FN7O3. The molecule has 1 aliphatic heterocycles. The number of halogens is 1. The van der Waals surface area contributed by atoms with Crippen molar-refractivity contribution in [1.82, 2.24) is 19.9 Å². The van der Waals surface area contributed by atoms with E-state index in [0.717, 1.165) is 5.56 Å². The highest BCUT2D eigenvalue weighted by molar-refractivity contribution is 6.02. The number of nitrogens with one attached hydrogen (secondary N) is 3. The van der Waals surface area contributed by atoms with Crippen molar-refractivity contribution in [3.05, 3.63) is 71.5 Å². The molecule has 0 fully saturated rings. The fourth-order valence-corrected chi connectivity index (χ4v) is 4.11. The number of hydrogen-bond donors (Lipinski definition) is 4. The van der Waals surface area contributed by atoms with Crippen LogP contribution in [0.3, 0.4) is 0 Å². The molecule has 2 amide bonds. The molecule has 4 N–H and O–H groups in total. The van der Waals surface area contributed by atoms with Crippen LogP contribution >= 0.6 is 0 Å². The molecular weight excluding hydrogens is 489 g/mol. The van der Waals surface area contributed by atoms with Crippen LogP contribution in [0.25, 0.3) is 16.9 Å². The van der Waals surface area contributed by atoms with Crippen molar-refractivity contribution in [1.29, 1.82) is 5.26 Å². The fourth-order valence-electron chi connectivity index (χ4n) is 4.11. The molecule has 3 aromatic heterocycles. The first-order valence-electron chi connectivity index (χ1n) is 11.8. The van der Waals surface area contributed by atoms with E-state index in [4.69, 9.17) is 5.26 Å². The van der Waals surface area contributed by atoms with Gasteiger partial charge in [-0.25, -0.2) is 8.91 Å². The number of alkyl halides is 1. The maximum absolute atomic E-state index is 14.3. The number of anilines is 3. The topological polar surface area (TPSA) is 144 Å². The minimum atomic E-state index is -1.67. The van der Waals surface area contributed by atoms with Crippen LogP contribution in [0.2, 0.25) is 0 Å². The van der Waals surface area contributed by atoms with E-state index in [-0.39, 0.29) is 18.0 Å². The summed E-state index contributed by atoms with van der Waals surface area (Å²) < 4.78 is 15.9. The number of pyridine rings is 1. The summed E-state index contributed by atoms with van der Waals surface area (Å²) in [6.07, 6.45) is 1.46. The van der Waals surface area contributed by atoms with Gasteiger partial charge in [0.2, 0.25) is 5.91 Å². The van der Waals surface area contributed by atoms with Gasteiger partial charge >= 0.3 is 0 Å². The van der Waals surface area contributed by atoms with Crippen LogP contribution < -0.4 is 16.0 Å². The van der Waals surface area contributed by atoms with Crippen molar-refractivity contribution in [2.75, 3.05) is 17.2 Å². The summed E-state index contributed by atoms with van der Waals surface area (Å²) in [4.78, 5) is 29.3. The van der Waals surface area contributed by atoms with Crippen molar-refractivity contribution in [2.24, 2.45) is 0 Å². The predicted molar refractivity (Wildman–Crippen MR) is 139 cm³/mol. The van der Waals surface area contributed by atoms with E-state index in [0.29, 0.717) is 46.0 Å². The number of rotatable bonds is 7. The van der Waals surface area contributed by atoms with Gasteiger partial charge in [-0.2, -0.15) is 10.4 Å². The van der Waals surface area contributed by atoms with Crippen LogP contribution in [0.4, 0.5) is 21.5 Å². The molecule has 1 aromatic carbocycles. The Hall–Kier alpha value is -4.82. The Bertz CT molecular complexity index is 1620. The third-order valence-corrected chi connectivity index (χ3v) is 6.26. The number of amides is 2. The molecule has 10 nitrogen and oxygen atoms in total. The number of carbonyl (C=O) groups excluding carboxylic acids is 2. The first kappa shape index (κ1) is 24.9.